The number of fused-ring (bicyclic) bond motifs is 2. The summed E-state index contributed by atoms with van der Waals surface area (Å²) < 4.78 is 10.8. The van der Waals surface area contributed by atoms with Crippen molar-refractivity contribution in [3.05, 3.63) is 30.2 Å². The molecule has 0 radical (unpaired) electrons. The minimum absolute atomic E-state index is 0.255. The zero-order valence-electron chi connectivity index (χ0n) is 10.3. The standard InChI is InChI=1S/C12H10N6O2/c1-2-13-12(14-5-11-15-17-18-16-11)8-4-10-9(3-7(1)8)19-6-20-10/h1-4H,5-6H2,(H,13,14)(H,15,16,17,18). The molecule has 1 aliphatic heterocycles. The first-order valence-electron chi connectivity index (χ1n) is 6.05. The zero-order valence-corrected chi connectivity index (χ0v) is 10.3. The maximum absolute atomic E-state index is 5.39. The number of nitrogens with one attached hydrogen (secondary N) is 2. The van der Waals surface area contributed by atoms with Crippen LogP contribution in [0.1, 0.15) is 5.82 Å². The van der Waals surface area contributed by atoms with Gasteiger partial charge in [0.25, 0.3) is 0 Å². The summed E-state index contributed by atoms with van der Waals surface area (Å²) in [5.41, 5.74) is 0. The van der Waals surface area contributed by atoms with Crippen molar-refractivity contribution >= 4 is 16.6 Å². The van der Waals surface area contributed by atoms with E-state index in [-0.39, 0.29) is 6.79 Å². The van der Waals surface area contributed by atoms with Gasteiger partial charge in [-0.2, -0.15) is 5.21 Å². The predicted molar refractivity (Wildman–Crippen MR) is 69.4 cm³/mol. The monoisotopic (exact) mass is 270 g/mol. The number of benzene rings is 1. The molecule has 0 bridgehead atoms. The lowest BCUT2D eigenvalue weighted by molar-refractivity contribution is 0.174. The van der Waals surface area contributed by atoms with Crippen LogP contribution in [0.3, 0.4) is 0 Å². The summed E-state index contributed by atoms with van der Waals surface area (Å²) in [4.78, 5) is 4.34. The lowest BCUT2D eigenvalue weighted by Crippen LogP contribution is -2.03. The van der Waals surface area contributed by atoms with Crippen LogP contribution in [-0.2, 0) is 6.54 Å². The molecule has 8 heteroatoms. The fourth-order valence-corrected chi connectivity index (χ4v) is 2.12. The van der Waals surface area contributed by atoms with Gasteiger partial charge in [0.15, 0.2) is 17.3 Å². The number of aromatic amines is 1. The first-order chi connectivity index (χ1) is 9.90. The molecule has 1 aromatic carbocycles. The largest absolute Gasteiger partial charge is 0.454 e. The molecule has 0 saturated carbocycles. The maximum atomic E-state index is 5.39. The Hall–Kier alpha value is -2.90. The third-order valence-corrected chi connectivity index (χ3v) is 3.06. The number of aromatic nitrogens is 5. The third kappa shape index (κ3) is 1.78. The number of hydrogen-bond acceptors (Lipinski definition) is 7. The molecule has 4 rings (SSSR count). The molecule has 0 aliphatic carbocycles. The highest BCUT2D eigenvalue weighted by Crippen LogP contribution is 2.37. The van der Waals surface area contributed by atoms with Crippen molar-refractivity contribution in [3.8, 4) is 11.5 Å². The number of nitrogens with zero attached hydrogens (tertiary/aromatic N) is 4. The van der Waals surface area contributed by atoms with Crippen LogP contribution in [0, 0.1) is 0 Å². The van der Waals surface area contributed by atoms with E-state index in [1.165, 1.54) is 0 Å². The van der Waals surface area contributed by atoms with Crippen molar-refractivity contribution in [2.45, 2.75) is 6.54 Å². The average Bonchev–Trinajstić information content (AvgIpc) is 3.13. The lowest BCUT2D eigenvalue weighted by Gasteiger charge is -2.07. The number of rotatable bonds is 3. The second-order valence-corrected chi connectivity index (χ2v) is 4.27. The molecule has 1 aliphatic rings. The van der Waals surface area contributed by atoms with Crippen molar-refractivity contribution < 1.29 is 9.47 Å². The fraction of sp³-hybridized carbons (Fsp3) is 0.167. The SMILES string of the molecule is c1cc2cc3c(cc2c(NCc2nn[nH]n2)n1)OCO3. The molecule has 0 amide bonds. The molecule has 0 fully saturated rings. The van der Waals surface area contributed by atoms with Gasteiger partial charge in [-0.05, 0) is 23.6 Å². The molecular formula is C12H10N6O2. The van der Waals surface area contributed by atoms with Gasteiger partial charge >= 0.3 is 0 Å². The van der Waals surface area contributed by atoms with Gasteiger partial charge in [-0.3, -0.25) is 0 Å². The summed E-state index contributed by atoms with van der Waals surface area (Å²) in [6.45, 7) is 0.696. The Bertz CT molecular complexity index is 758. The lowest BCUT2D eigenvalue weighted by atomic mass is 10.1. The second-order valence-electron chi connectivity index (χ2n) is 4.27. The molecule has 3 aromatic rings. The zero-order chi connectivity index (χ0) is 13.4. The van der Waals surface area contributed by atoms with E-state index >= 15 is 0 Å². The van der Waals surface area contributed by atoms with Gasteiger partial charge in [0.05, 0.1) is 6.54 Å². The smallest absolute Gasteiger partial charge is 0.231 e. The second kappa shape index (κ2) is 4.34. The van der Waals surface area contributed by atoms with E-state index in [0.717, 1.165) is 28.1 Å². The molecule has 2 N–H and O–H groups in total. The highest BCUT2D eigenvalue weighted by Gasteiger charge is 2.15. The van der Waals surface area contributed by atoms with Gasteiger partial charge < -0.3 is 14.8 Å². The van der Waals surface area contributed by atoms with Crippen molar-refractivity contribution in [2.24, 2.45) is 0 Å². The fourth-order valence-electron chi connectivity index (χ4n) is 2.12. The van der Waals surface area contributed by atoms with Gasteiger partial charge in [0, 0.05) is 11.6 Å². The summed E-state index contributed by atoms with van der Waals surface area (Å²) in [5.74, 6) is 2.80. The van der Waals surface area contributed by atoms with Gasteiger partial charge in [0.2, 0.25) is 6.79 Å². The first-order valence-corrected chi connectivity index (χ1v) is 6.05. The number of pyridine rings is 1. The van der Waals surface area contributed by atoms with Crippen LogP contribution in [-0.4, -0.2) is 32.4 Å². The van der Waals surface area contributed by atoms with E-state index in [1.807, 2.05) is 18.2 Å². The maximum Gasteiger partial charge on any atom is 0.231 e. The Morgan fingerprint density at radius 2 is 2.15 bits per heavy atom. The van der Waals surface area contributed by atoms with Crippen molar-refractivity contribution in [2.75, 3.05) is 12.1 Å². The molecule has 8 nitrogen and oxygen atoms in total. The molecule has 0 saturated heterocycles. The van der Waals surface area contributed by atoms with E-state index in [4.69, 9.17) is 9.47 Å². The molecule has 20 heavy (non-hydrogen) atoms. The first kappa shape index (κ1) is 11.0. The number of hydrogen-bond donors (Lipinski definition) is 2. The Morgan fingerprint density at radius 3 is 3.00 bits per heavy atom. The van der Waals surface area contributed by atoms with E-state index in [2.05, 4.69) is 30.9 Å². The Balaban J connectivity index is 1.71. The van der Waals surface area contributed by atoms with Crippen LogP contribution in [0.2, 0.25) is 0 Å². The van der Waals surface area contributed by atoms with E-state index in [1.54, 1.807) is 6.20 Å². The summed E-state index contributed by atoms with van der Waals surface area (Å²) in [6, 6.07) is 5.79. The summed E-state index contributed by atoms with van der Waals surface area (Å²) in [5, 5.41) is 18.9. The number of tetrazole rings is 1. The van der Waals surface area contributed by atoms with Crippen LogP contribution in [0.25, 0.3) is 10.8 Å². The van der Waals surface area contributed by atoms with Crippen LogP contribution < -0.4 is 14.8 Å². The summed E-state index contributed by atoms with van der Waals surface area (Å²) in [7, 11) is 0. The van der Waals surface area contributed by atoms with E-state index in [9.17, 15) is 0 Å². The van der Waals surface area contributed by atoms with Gasteiger partial charge in [-0.1, -0.05) is 5.21 Å². The summed E-state index contributed by atoms with van der Waals surface area (Å²) in [6.07, 6.45) is 1.74. The number of ether oxygens (including phenoxy) is 2. The van der Waals surface area contributed by atoms with Crippen LogP contribution in [0.5, 0.6) is 11.5 Å². The molecule has 2 aromatic heterocycles. The number of H-pyrrole nitrogens is 1. The molecule has 100 valence electrons. The Labute approximate surface area is 113 Å². The normalized spacial score (nSPS) is 12.8. The topological polar surface area (TPSA) is 97.8 Å². The van der Waals surface area contributed by atoms with Crippen molar-refractivity contribution in [1.82, 2.24) is 25.6 Å². The average molecular weight is 270 g/mol. The predicted octanol–water partition coefficient (Wildman–Crippen LogP) is 1.09. The number of anilines is 1. The quantitative estimate of drug-likeness (QED) is 0.735. The molecular weight excluding hydrogens is 260 g/mol. The minimum atomic E-state index is 0.255. The molecule has 0 unspecified atom stereocenters. The van der Waals surface area contributed by atoms with Crippen LogP contribution >= 0.6 is 0 Å². The van der Waals surface area contributed by atoms with E-state index < -0.39 is 0 Å². The third-order valence-electron chi connectivity index (χ3n) is 3.06. The molecule has 0 atom stereocenters. The van der Waals surface area contributed by atoms with Crippen LogP contribution in [0.4, 0.5) is 5.82 Å². The van der Waals surface area contributed by atoms with Crippen molar-refractivity contribution in [3.63, 3.8) is 0 Å². The van der Waals surface area contributed by atoms with Crippen LogP contribution in [0.15, 0.2) is 24.4 Å². The molecule has 3 heterocycles. The van der Waals surface area contributed by atoms with E-state index in [0.29, 0.717) is 12.4 Å². The molecule has 0 spiro atoms. The summed E-state index contributed by atoms with van der Waals surface area (Å²) >= 11 is 0. The Kier molecular flexibility index (Phi) is 2.38. The Morgan fingerprint density at radius 1 is 1.25 bits per heavy atom. The highest BCUT2D eigenvalue weighted by molar-refractivity contribution is 5.94. The van der Waals surface area contributed by atoms with Gasteiger partial charge in [-0.15, -0.1) is 10.2 Å². The van der Waals surface area contributed by atoms with Crippen molar-refractivity contribution in [1.29, 1.82) is 0 Å². The minimum Gasteiger partial charge on any atom is -0.454 e. The van der Waals surface area contributed by atoms with Gasteiger partial charge in [0.1, 0.15) is 5.82 Å². The highest BCUT2D eigenvalue weighted by atomic mass is 16.7. The van der Waals surface area contributed by atoms with Gasteiger partial charge in [-0.25, -0.2) is 4.98 Å².